The zero-order valence-corrected chi connectivity index (χ0v) is 19.6. The molecule has 1 amide bonds. The van der Waals surface area contributed by atoms with Crippen LogP contribution in [0.3, 0.4) is 0 Å². The van der Waals surface area contributed by atoms with Crippen molar-refractivity contribution in [3.8, 4) is 0 Å². The molecule has 2 aromatic rings. The van der Waals surface area contributed by atoms with Crippen molar-refractivity contribution >= 4 is 17.3 Å². The largest absolute Gasteiger partial charge is 0.416 e. The van der Waals surface area contributed by atoms with Gasteiger partial charge in [0.2, 0.25) is 5.91 Å². The van der Waals surface area contributed by atoms with Gasteiger partial charge in [0.25, 0.3) is 0 Å². The maximum atomic E-state index is 12.8. The molecule has 0 radical (unpaired) electrons. The van der Waals surface area contributed by atoms with Crippen LogP contribution in [0.1, 0.15) is 68.2 Å². The van der Waals surface area contributed by atoms with E-state index in [2.05, 4.69) is 22.3 Å². The zero-order chi connectivity index (χ0) is 23.7. The van der Waals surface area contributed by atoms with E-state index in [1.807, 2.05) is 34.6 Å². The topological polar surface area (TPSA) is 32.3 Å². The van der Waals surface area contributed by atoms with Gasteiger partial charge in [-0.15, -0.1) is 0 Å². The van der Waals surface area contributed by atoms with Gasteiger partial charge in [-0.1, -0.05) is 32.9 Å². The standard InChI is InChI=1S/C26H33F3N2O/c1-17-14-20(15-18(2)24(17)30-23(32)16-25(3,4)5)19-10-12-31(13-11-19)22-8-6-21(7-9-22)26(27,28)29/h6-9,14-15,19H,10-13,16H2,1-5H3,(H,30,32). The Hall–Kier alpha value is -2.50. The molecule has 0 spiro atoms. The predicted molar refractivity (Wildman–Crippen MR) is 124 cm³/mol. The third-order valence-corrected chi connectivity index (χ3v) is 6.04. The maximum Gasteiger partial charge on any atom is 0.416 e. The smallest absolute Gasteiger partial charge is 0.371 e. The number of amides is 1. The summed E-state index contributed by atoms with van der Waals surface area (Å²) in [4.78, 5) is 14.5. The Morgan fingerprint density at radius 1 is 1.00 bits per heavy atom. The summed E-state index contributed by atoms with van der Waals surface area (Å²) in [6.07, 6.45) is -1.96. The monoisotopic (exact) mass is 446 g/mol. The van der Waals surface area contributed by atoms with Crippen molar-refractivity contribution in [1.82, 2.24) is 0 Å². The van der Waals surface area contributed by atoms with E-state index >= 15 is 0 Å². The van der Waals surface area contributed by atoms with Crippen molar-refractivity contribution in [2.24, 2.45) is 5.41 Å². The van der Waals surface area contributed by atoms with Gasteiger partial charge in [-0.25, -0.2) is 0 Å². The fourth-order valence-electron chi connectivity index (χ4n) is 4.43. The minimum absolute atomic E-state index is 0.0290. The van der Waals surface area contributed by atoms with Gasteiger partial charge in [-0.2, -0.15) is 13.2 Å². The molecule has 1 fully saturated rings. The fraction of sp³-hybridized carbons (Fsp3) is 0.500. The molecule has 1 aliphatic rings. The van der Waals surface area contributed by atoms with Crippen LogP contribution in [0.5, 0.6) is 0 Å². The lowest BCUT2D eigenvalue weighted by Gasteiger charge is -2.34. The highest BCUT2D eigenvalue weighted by Crippen LogP contribution is 2.35. The molecule has 0 bridgehead atoms. The van der Waals surface area contributed by atoms with E-state index in [0.717, 1.165) is 60.6 Å². The Balaban J connectivity index is 1.65. The Morgan fingerprint density at radius 3 is 2.00 bits per heavy atom. The highest BCUT2D eigenvalue weighted by Gasteiger charge is 2.30. The third-order valence-electron chi connectivity index (χ3n) is 6.04. The van der Waals surface area contributed by atoms with Crippen molar-refractivity contribution < 1.29 is 18.0 Å². The van der Waals surface area contributed by atoms with Gasteiger partial charge in [0.05, 0.1) is 5.56 Å². The maximum absolute atomic E-state index is 12.8. The second-order valence-corrected chi connectivity index (χ2v) is 10.1. The molecular formula is C26H33F3N2O. The van der Waals surface area contributed by atoms with Gasteiger partial charge < -0.3 is 10.2 Å². The number of piperidine rings is 1. The molecule has 32 heavy (non-hydrogen) atoms. The molecule has 1 N–H and O–H groups in total. The number of aryl methyl sites for hydroxylation is 2. The molecule has 0 atom stereocenters. The van der Waals surface area contributed by atoms with E-state index in [1.54, 1.807) is 12.1 Å². The first-order chi connectivity index (χ1) is 14.8. The van der Waals surface area contributed by atoms with Crippen LogP contribution in [0.15, 0.2) is 36.4 Å². The number of carbonyl (C=O) groups excluding carboxylic acids is 1. The number of nitrogens with one attached hydrogen (secondary N) is 1. The zero-order valence-electron chi connectivity index (χ0n) is 19.6. The second kappa shape index (κ2) is 9.16. The molecule has 1 saturated heterocycles. The fourth-order valence-corrected chi connectivity index (χ4v) is 4.43. The molecule has 174 valence electrons. The number of alkyl halides is 3. The summed E-state index contributed by atoms with van der Waals surface area (Å²) in [5.74, 6) is 0.429. The molecule has 0 saturated carbocycles. The Labute approximate surface area is 189 Å². The summed E-state index contributed by atoms with van der Waals surface area (Å²) in [7, 11) is 0. The van der Waals surface area contributed by atoms with E-state index in [1.165, 1.54) is 5.56 Å². The highest BCUT2D eigenvalue weighted by molar-refractivity contribution is 5.92. The number of benzene rings is 2. The van der Waals surface area contributed by atoms with Crippen LogP contribution in [0, 0.1) is 19.3 Å². The van der Waals surface area contributed by atoms with E-state index in [0.29, 0.717) is 12.3 Å². The summed E-state index contributed by atoms with van der Waals surface area (Å²) >= 11 is 0. The van der Waals surface area contributed by atoms with Gasteiger partial charge in [0.15, 0.2) is 0 Å². The van der Waals surface area contributed by atoms with Gasteiger partial charge in [0, 0.05) is 30.9 Å². The van der Waals surface area contributed by atoms with E-state index in [9.17, 15) is 18.0 Å². The molecule has 0 aliphatic carbocycles. The molecule has 3 rings (SSSR count). The Bertz CT molecular complexity index is 928. The summed E-state index contributed by atoms with van der Waals surface area (Å²) < 4.78 is 38.4. The van der Waals surface area contributed by atoms with Gasteiger partial charge in [0.1, 0.15) is 0 Å². The van der Waals surface area contributed by atoms with Gasteiger partial charge in [-0.05, 0) is 79.0 Å². The lowest BCUT2D eigenvalue weighted by atomic mass is 9.87. The first kappa shape index (κ1) is 24.1. The lowest BCUT2D eigenvalue weighted by molar-refractivity contribution is -0.137. The molecule has 1 heterocycles. The summed E-state index contributed by atoms with van der Waals surface area (Å²) in [6.45, 7) is 11.8. The molecule has 0 aromatic heterocycles. The minimum Gasteiger partial charge on any atom is -0.371 e. The van der Waals surface area contributed by atoms with Crippen LogP contribution in [0.25, 0.3) is 0 Å². The average molecular weight is 447 g/mol. The number of hydrogen-bond donors (Lipinski definition) is 1. The average Bonchev–Trinajstić information content (AvgIpc) is 2.69. The summed E-state index contributed by atoms with van der Waals surface area (Å²) in [5.41, 5.74) is 4.44. The van der Waals surface area contributed by atoms with Crippen molar-refractivity contribution in [2.45, 2.75) is 66.0 Å². The van der Waals surface area contributed by atoms with Crippen LogP contribution in [0.2, 0.25) is 0 Å². The first-order valence-corrected chi connectivity index (χ1v) is 11.2. The second-order valence-electron chi connectivity index (χ2n) is 10.1. The Kier molecular flexibility index (Phi) is 6.91. The Morgan fingerprint density at radius 2 is 1.53 bits per heavy atom. The van der Waals surface area contributed by atoms with E-state index in [-0.39, 0.29) is 11.3 Å². The quantitative estimate of drug-likeness (QED) is 0.544. The third kappa shape index (κ3) is 6.05. The summed E-state index contributed by atoms with van der Waals surface area (Å²) in [5, 5.41) is 3.08. The molecule has 6 heteroatoms. The number of halogens is 3. The summed E-state index contributed by atoms with van der Waals surface area (Å²) in [6, 6.07) is 9.76. The highest BCUT2D eigenvalue weighted by atomic mass is 19.4. The number of rotatable bonds is 4. The molecular weight excluding hydrogens is 413 g/mol. The predicted octanol–water partition coefficient (Wildman–Crippen LogP) is 7.08. The number of hydrogen-bond acceptors (Lipinski definition) is 2. The van der Waals surface area contributed by atoms with Gasteiger partial charge >= 0.3 is 6.18 Å². The van der Waals surface area contributed by atoms with Crippen molar-refractivity contribution in [3.05, 3.63) is 58.7 Å². The normalized spacial score (nSPS) is 15.7. The first-order valence-electron chi connectivity index (χ1n) is 11.2. The van der Waals surface area contributed by atoms with Crippen LogP contribution in [-0.2, 0) is 11.0 Å². The SMILES string of the molecule is Cc1cc(C2CCN(c3ccc(C(F)(F)F)cc3)CC2)cc(C)c1NC(=O)CC(C)(C)C. The van der Waals surface area contributed by atoms with Crippen LogP contribution >= 0.6 is 0 Å². The van der Waals surface area contributed by atoms with Crippen LogP contribution < -0.4 is 10.2 Å². The molecule has 3 nitrogen and oxygen atoms in total. The number of carbonyl (C=O) groups is 1. The van der Waals surface area contributed by atoms with E-state index < -0.39 is 11.7 Å². The minimum atomic E-state index is -4.31. The number of anilines is 2. The molecule has 1 aliphatic heterocycles. The van der Waals surface area contributed by atoms with Crippen LogP contribution in [-0.4, -0.2) is 19.0 Å². The van der Waals surface area contributed by atoms with E-state index in [4.69, 9.17) is 0 Å². The van der Waals surface area contributed by atoms with Crippen molar-refractivity contribution in [1.29, 1.82) is 0 Å². The van der Waals surface area contributed by atoms with Crippen LogP contribution in [0.4, 0.5) is 24.5 Å². The molecule has 2 aromatic carbocycles. The molecule has 0 unspecified atom stereocenters. The lowest BCUT2D eigenvalue weighted by Crippen LogP contribution is -2.33. The van der Waals surface area contributed by atoms with Gasteiger partial charge in [-0.3, -0.25) is 4.79 Å². The number of nitrogens with zero attached hydrogens (tertiary/aromatic N) is 1. The van der Waals surface area contributed by atoms with Crippen molar-refractivity contribution in [3.63, 3.8) is 0 Å². The van der Waals surface area contributed by atoms with Crippen molar-refractivity contribution in [2.75, 3.05) is 23.3 Å².